The highest BCUT2D eigenvalue weighted by Crippen LogP contribution is 2.20. The second-order valence-corrected chi connectivity index (χ2v) is 3.24. The first-order valence-corrected chi connectivity index (χ1v) is 4.25. The van der Waals surface area contributed by atoms with Crippen LogP contribution in [0, 0.1) is 5.92 Å². The van der Waals surface area contributed by atoms with E-state index >= 15 is 0 Å². The highest BCUT2D eigenvalue weighted by atomic mass is 16.4. The van der Waals surface area contributed by atoms with Gasteiger partial charge in [-0.15, -0.1) is 0 Å². The quantitative estimate of drug-likeness (QED) is 0.698. The second kappa shape index (κ2) is 4.10. The van der Waals surface area contributed by atoms with E-state index in [1.807, 2.05) is 0 Å². The number of rotatable bonds is 3. The summed E-state index contributed by atoms with van der Waals surface area (Å²) in [5, 5.41) is 8.46. The third kappa shape index (κ3) is 2.91. The Kier molecular flexibility index (Phi) is 3.09. The molecule has 1 N–H and O–H groups in total. The van der Waals surface area contributed by atoms with Gasteiger partial charge in [0.05, 0.1) is 0 Å². The van der Waals surface area contributed by atoms with Gasteiger partial charge in [-0.25, -0.2) is 0 Å². The molecule has 0 fully saturated rings. The topological polar surface area (TPSA) is 37.3 Å². The van der Waals surface area contributed by atoms with Gasteiger partial charge in [0.15, 0.2) is 0 Å². The van der Waals surface area contributed by atoms with Crippen molar-refractivity contribution in [1.82, 2.24) is 0 Å². The molecule has 12 heavy (non-hydrogen) atoms. The van der Waals surface area contributed by atoms with Gasteiger partial charge in [-0.1, -0.05) is 23.8 Å². The summed E-state index contributed by atoms with van der Waals surface area (Å²) in [7, 11) is 0. The third-order valence-electron chi connectivity index (χ3n) is 2.10. The van der Waals surface area contributed by atoms with E-state index in [0.717, 1.165) is 12.8 Å². The minimum Gasteiger partial charge on any atom is -0.481 e. The van der Waals surface area contributed by atoms with Crippen molar-refractivity contribution in [3.63, 3.8) is 0 Å². The highest BCUT2D eigenvalue weighted by Gasteiger charge is 2.08. The molecule has 0 radical (unpaired) electrons. The van der Waals surface area contributed by atoms with Crippen LogP contribution in [-0.2, 0) is 4.79 Å². The van der Waals surface area contributed by atoms with Crippen molar-refractivity contribution in [3.8, 4) is 0 Å². The van der Waals surface area contributed by atoms with Crippen LogP contribution in [0.15, 0.2) is 23.8 Å². The van der Waals surface area contributed by atoms with Gasteiger partial charge >= 0.3 is 5.97 Å². The molecular weight excluding hydrogens is 152 g/mol. The van der Waals surface area contributed by atoms with Gasteiger partial charge in [0.2, 0.25) is 0 Å². The minimum atomic E-state index is -0.699. The summed E-state index contributed by atoms with van der Waals surface area (Å²) in [4.78, 5) is 10.3. The molecule has 0 amide bonds. The molecule has 0 aromatic carbocycles. The molecule has 1 aliphatic rings. The first-order valence-electron chi connectivity index (χ1n) is 4.25. The number of carbonyl (C=O) groups is 1. The van der Waals surface area contributed by atoms with Crippen LogP contribution in [0.4, 0.5) is 0 Å². The van der Waals surface area contributed by atoms with Crippen molar-refractivity contribution in [3.05, 3.63) is 23.8 Å². The van der Waals surface area contributed by atoms with Gasteiger partial charge in [0, 0.05) is 6.42 Å². The van der Waals surface area contributed by atoms with E-state index in [4.69, 9.17) is 5.11 Å². The summed E-state index contributed by atoms with van der Waals surface area (Å²) in [6.07, 6.45) is 8.37. The monoisotopic (exact) mass is 166 g/mol. The molecule has 66 valence electrons. The molecule has 0 saturated carbocycles. The van der Waals surface area contributed by atoms with Crippen LogP contribution in [0.1, 0.15) is 26.2 Å². The maximum Gasteiger partial charge on any atom is 0.303 e. The second-order valence-electron chi connectivity index (χ2n) is 3.24. The van der Waals surface area contributed by atoms with Crippen molar-refractivity contribution in [2.75, 3.05) is 0 Å². The molecular formula is C10H14O2. The molecule has 0 saturated heterocycles. The number of carboxylic acid groups (broad SMARTS) is 1. The Balaban J connectivity index is 2.29. The fraction of sp³-hybridized carbons (Fsp3) is 0.500. The molecule has 1 atom stereocenters. The molecule has 0 aliphatic heterocycles. The van der Waals surface area contributed by atoms with Gasteiger partial charge in [0.1, 0.15) is 0 Å². The highest BCUT2D eigenvalue weighted by molar-refractivity contribution is 5.66. The standard InChI is InChI=1S/C10H14O2/c1-8-2-4-9(5-3-8)6-7-10(11)12/h2-4,9H,5-7H2,1H3,(H,11,12). The number of hydrogen-bond donors (Lipinski definition) is 1. The number of carboxylic acids is 1. The van der Waals surface area contributed by atoms with E-state index in [1.54, 1.807) is 0 Å². The van der Waals surface area contributed by atoms with Gasteiger partial charge in [-0.3, -0.25) is 4.79 Å². The van der Waals surface area contributed by atoms with E-state index in [0.29, 0.717) is 5.92 Å². The Hall–Kier alpha value is -1.05. The van der Waals surface area contributed by atoms with E-state index in [-0.39, 0.29) is 6.42 Å². The average Bonchev–Trinajstić information content (AvgIpc) is 2.03. The molecule has 0 spiro atoms. The molecule has 2 heteroatoms. The van der Waals surface area contributed by atoms with Crippen LogP contribution in [0.2, 0.25) is 0 Å². The lowest BCUT2D eigenvalue weighted by Crippen LogP contribution is -2.03. The predicted octanol–water partition coefficient (Wildman–Crippen LogP) is 2.37. The van der Waals surface area contributed by atoms with Crippen LogP contribution in [-0.4, -0.2) is 11.1 Å². The first-order chi connectivity index (χ1) is 5.68. The van der Waals surface area contributed by atoms with Gasteiger partial charge in [0.25, 0.3) is 0 Å². The molecule has 2 nitrogen and oxygen atoms in total. The first kappa shape index (κ1) is 9.04. The number of allylic oxidation sites excluding steroid dienone is 4. The zero-order chi connectivity index (χ0) is 8.97. The van der Waals surface area contributed by atoms with Crippen LogP contribution in [0.3, 0.4) is 0 Å². The van der Waals surface area contributed by atoms with Crippen molar-refractivity contribution < 1.29 is 9.90 Å². The normalized spacial score (nSPS) is 22.1. The summed E-state index contributed by atoms with van der Waals surface area (Å²) >= 11 is 0. The lowest BCUT2D eigenvalue weighted by Gasteiger charge is -2.12. The Morgan fingerprint density at radius 2 is 2.50 bits per heavy atom. The predicted molar refractivity (Wildman–Crippen MR) is 47.9 cm³/mol. The SMILES string of the molecule is CC1=CCC(CCC(=O)O)C=C1. The van der Waals surface area contributed by atoms with E-state index in [1.165, 1.54) is 5.57 Å². The Labute approximate surface area is 72.6 Å². The molecule has 0 aromatic rings. The Morgan fingerprint density at radius 1 is 1.75 bits per heavy atom. The van der Waals surface area contributed by atoms with E-state index in [9.17, 15) is 4.79 Å². The van der Waals surface area contributed by atoms with Crippen LogP contribution in [0.25, 0.3) is 0 Å². The minimum absolute atomic E-state index is 0.280. The fourth-order valence-corrected chi connectivity index (χ4v) is 1.29. The lowest BCUT2D eigenvalue weighted by atomic mass is 9.93. The summed E-state index contributed by atoms with van der Waals surface area (Å²) in [5.41, 5.74) is 1.28. The summed E-state index contributed by atoms with van der Waals surface area (Å²) in [5.74, 6) is -0.264. The zero-order valence-corrected chi connectivity index (χ0v) is 7.29. The fourth-order valence-electron chi connectivity index (χ4n) is 1.29. The molecule has 1 unspecified atom stereocenters. The lowest BCUT2D eigenvalue weighted by molar-refractivity contribution is -0.137. The largest absolute Gasteiger partial charge is 0.481 e. The zero-order valence-electron chi connectivity index (χ0n) is 7.29. The van der Waals surface area contributed by atoms with Crippen LogP contribution < -0.4 is 0 Å². The van der Waals surface area contributed by atoms with E-state index in [2.05, 4.69) is 25.2 Å². The Morgan fingerprint density at radius 3 is 3.00 bits per heavy atom. The molecule has 0 aromatic heterocycles. The molecule has 1 aliphatic carbocycles. The Bertz CT molecular complexity index is 226. The summed E-state index contributed by atoms with van der Waals surface area (Å²) in [6, 6.07) is 0. The molecule has 0 heterocycles. The summed E-state index contributed by atoms with van der Waals surface area (Å²) in [6.45, 7) is 2.06. The summed E-state index contributed by atoms with van der Waals surface area (Å²) < 4.78 is 0. The van der Waals surface area contributed by atoms with E-state index < -0.39 is 5.97 Å². The number of hydrogen-bond acceptors (Lipinski definition) is 1. The smallest absolute Gasteiger partial charge is 0.303 e. The van der Waals surface area contributed by atoms with Crippen LogP contribution >= 0.6 is 0 Å². The van der Waals surface area contributed by atoms with Crippen molar-refractivity contribution in [2.24, 2.45) is 5.92 Å². The van der Waals surface area contributed by atoms with Crippen molar-refractivity contribution >= 4 is 5.97 Å². The maximum atomic E-state index is 10.3. The molecule has 0 bridgehead atoms. The molecule has 1 rings (SSSR count). The maximum absolute atomic E-state index is 10.3. The number of aliphatic carboxylic acids is 1. The average molecular weight is 166 g/mol. The van der Waals surface area contributed by atoms with Gasteiger partial charge in [-0.2, -0.15) is 0 Å². The van der Waals surface area contributed by atoms with Crippen molar-refractivity contribution in [2.45, 2.75) is 26.2 Å². The van der Waals surface area contributed by atoms with Crippen molar-refractivity contribution in [1.29, 1.82) is 0 Å². The third-order valence-corrected chi connectivity index (χ3v) is 2.10. The van der Waals surface area contributed by atoms with Gasteiger partial charge in [-0.05, 0) is 25.7 Å². The van der Waals surface area contributed by atoms with Gasteiger partial charge < -0.3 is 5.11 Å². The van der Waals surface area contributed by atoms with Crippen LogP contribution in [0.5, 0.6) is 0 Å².